The van der Waals surface area contributed by atoms with Crippen molar-refractivity contribution in [2.24, 2.45) is 5.41 Å². The Labute approximate surface area is 214 Å². The molecule has 1 saturated carbocycles. The van der Waals surface area contributed by atoms with Gasteiger partial charge in [0.15, 0.2) is 0 Å². The third-order valence-electron chi connectivity index (χ3n) is 7.97. The standard InChI is InChI=1S/C28H30F2N4O3/c1-17-11-24(37-2)21(19-5-8-33-25(17)19)14-34-10-6-27(15-28(29,30)16-27)13-23(34)20-4-3-18(26(35)36)12-22(20)32-9-7-31/h3-5,8,11-12,23,32-33H,6,9-10,13-16H2,1-2H3,(H,35,36)/t23-/m1/s1. The lowest BCUT2D eigenvalue weighted by molar-refractivity contribution is -0.186. The Hall–Kier alpha value is -3.64. The van der Waals surface area contributed by atoms with Gasteiger partial charge in [0.1, 0.15) is 12.3 Å². The van der Waals surface area contributed by atoms with Crippen LogP contribution in [0.1, 0.15) is 58.8 Å². The van der Waals surface area contributed by atoms with Crippen LogP contribution in [0.3, 0.4) is 0 Å². The minimum atomic E-state index is -2.64. The lowest BCUT2D eigenvalue weighted by Gasteiger charge is -2.55. The lowest BCUT2D eigenvalue weighted by Crippen LogP contribution is -2.53. The Bertz CT molecular complexity index is 1390. The number of likely N-dealkylation sites (tertiary alicyclic amines) is 1. The number of anilines is 1. The first-order valence-electron chi connectivity index (χ1n) is 12.4. The molecule has 0 amide bonds. The van der Waals surface area contributed by atoms with Crippen LogP contribution in [0.25, 0.3) is 10.9 Å². The molecule has 1 aromatic heterocycles. The van der Waals surface area contributed by atoms with E-state index >= 15 is 0 Å². The molecule has 7 nitrogen and oxygen atoms in total. The van der Waals surface area contributed by atoms with Crippen molar-refractivity contribution in [1.82, 2.24) is 9.88 Å². The Kier molecular flexibility index (Phi) is 6.32. The summed E-state index contributed by atoms with van der Waals surface area (Å²) in [5, 5.41) is 22.8. The summed E-state index contributed by atoms with van der Waals surface area (Å²) in [5.74, 6) is -2.94. The van der Waals surface area contributed by atoms with Gasteiger partial charge in [0.05, 0.1) is 18.7 Å². The monoisotopic (exact) mass is 508 g/mol. The quantitative estimate of drug-likeness (QED) is 0.345. The van der Waals surface area contributed by atoms with Crippen molar-refractivity contribution in [2.45, 2.75) is 51.1 Å². The van der Waals surface area contributed by atoms with Gasteiger partial charge in [0.2, 0.25) is 5.92 Å². The summed E-state index contributed by atoms with van der Waals surface area (Å²) in [4.78, 5) is 17.2. The maximum absolute atomic E-state index is 14.1. The summed E-state index contributed by atoms with van der Waals surface area (Å²) < 4.78 is 33.9. The van der Waals surface area contributed by atoms with Crippen LogP contribution in [0.4, 0.5) is 14.5 Å². The third-order valence-corrected chi connectivity index (χ3v) is 7.97. The van der Waals surface area contributed by atoms with Gasteiger partial charge in [-0.05, 0) is 67.1 Å². The fourth-order valence-corrected chi connectivity index (χ4v) is 6.29. The van der Waals surface area contributed by atoms with Gasteiger partial charge in [-0.1, -0.05) is 6.07 Å². The van der Waals surface area contributed by atoms with E-state index in [2.05, 4.69) is 15.2 Å². The van der Waals surface area contributed by atoms with Gasteiger partial charge in [-0.25, -0.2) is 13.6 Å². The van der Waals surface area contributed by atoms with E-state index in [9.17, 15) is 18.7 Å². The number of rotatable bonds is 7. The zero-order valence-corrected chi connectivity index (χ0v) is 20.9. The van der Waals surface area contributed by atoms with Crippen molar-refractivity contribution in [1.29, 1.82) is 5.26 Å². The second kappa shape index (κ2) is 9.34. The number of aryl methyl sites for hydroxylation is 1. The van der Waals surface area contributed by atoms with Crippen molar-refractivity contribution < 1.29 is 23.4 Å². The second-order valence-corrected chi connectivity index (χ2v) is 10.4. The number of fused-ring (bicyclic) bond motifs is 1. The molecule has 5 rings (SSSR count). The number of carbonyl (C=O) groups is 1. The van der Waals surface area contributed by atoms with Crippen LogP contribution in [-0.2, 0) is 6.54 Å². The number of hydrogen-bond acceptors (Lipinski definition) is 5. The minimum absolute atomic E-state index is 0.00175. The predicted molar refractivity (Wildman–Crippen MR) is 136 cm³/mol. The molecule has 2 aromatic carbocycles. The van der Waals surface area contributed by atoms with Crippen LogP contribution in [0.5, 0.6) is 5.75 Å². The number of alkyl halides is 2. The molecule has 1 aliphatic heterocycles. The summed E-state index contributed by atoms with van der Waals surface area (Å²) >= 11 is 0. The molecule has 0 bridgehead atoms. The second-order valence-electron chi connectivity index (χ2n) is 10.4. The van der Waals surface area contributed by atoms with E-state index in [1.165, 1.54) is 6.07 Å². The van der Waals surface area contributed by atoms with Crippen LogP contribution in [0.2, 0.25) is 0 Å². The Morgan fingerprint density at radius 3 is 2.78 bits per heavy atom. The number of ether oxygens (including phenoxy) is 1. The molecule has 37 heavy (non-hydrogen) atoms. The smallest absolute Gasteiger partial charge is 0.335 e. The van der Waals surface area contributed by atoms with Crippen LogP contribution >= 0.6 is 0 Å². The number of aromatic amines is 1. The number of aromatic nitrogens is 1. The molecule has 194 valence electrons. The van der Waals surface area contributed by atoms with Crippen LogP contribution in [0.15, 0.2) is 36.5 Å². The molecule has 3 aromatic rings. The highest BCUT2D eigenvalue weighted by Crippen LogP contribution is 2.61. The maximum atomic E-state index is 14.1. The van der Waals surface area contributed by atoms with Gasteiger partial charge < -0.3 is 20.1 Å². The molecule has 1 atom stereocenters. The fourth-order valence-electron chi connectivity index (χ4n) is 6.29. The maximum Gasteiger partial charge on any atom is 0.335 e. The van der Waals surface area contributed by atoms with Crippen LogP contribution in [0, 0.1) is 23.7 Å². The molecule has 1 aliphatic carbocycles. The summed E-state index contributed by atoms with van der Waals surface area (Å²) in [6.45, 7) is 3.17. The normalized spacial score (nSPS) is 20.4. The highest BCUT2D eigenvalue weighted by molar-refractivity contribution is 5.89. The van der Waals surface area contributed by atoms with E-state index in [0.717, 1.165) is 33.3 Å². The van der Waals surface area contributed by atoms with Crippen molar-refractivity contribution >= 4 is 22.6 Å². The molecule has 2 aliphatic rings. The van der Waals surface area contributed by atoms with Crippen LogP contribution < -0.4 is 10.1 Å². The number of carboxylic acid groups (broad SMARTS) is 1. The average Bonchev–Trinajstić information content (AvgIpc) is 3.34. The van der Waals surface area contributed by atoms with E-state index in [1.807, 2.05) is 31.3 Å². The molecule has 2 fully saturated rings. The first-order chi connectivity index (χ1) is 17.6. The number of nitriles is 1. The average molecular weight is 509 g/mol. The Morgan fingerprint density at radius 2 is 2.11 bits per heavy atom. The molecule has 1 spiro atoms. The predicted octanol–water partition coefficient (Wildman–Crippen LogP) is 5.87. The molecular formula is C28H30F2N4O3. The van der Waals surface area contributed by atoms with Gasteiger partial charge in [-0.2, -0.15) is 5.26 Å². The zero-order valence-electron chi connectivity index (χ0n) is 20.9. The number of methoxy groups -OCH3 is 1. The molecule has 0 unspecified atom stereocenters. The van der Waals surface area contributed by atoms with Gasteiger partial charge in [-0.15, -0.1) is 0 Å². The topological polar surface area (TPSA) is 101 Å². The van der Waals surface area contributed by atoms with Crippen molar-refractivity contribution in [3.05, 3.63) is 58.8 Å². The van der Waals surface area contributed by atoms with Crippen molar-refractivity contribution in [3.8, 4) is 11.8 Å². The fraction of sp³-hybridized carbons (Fsp3) is 0.429. The van der Waals surface area contributed by atoms with Crippen molar-refractivity contribution in [2.75, 3.05) is 25.5 Å². The van der Waals surface area contributed by atoms with Crippen LogP contribution in [-0.4, -0.2) is 47.1 Å². The van der Waals surface area contributed by atoms with Crippen molar-refractivity contribution in [3.63, 3.8) is 0 Å². The molecular weight excluding hydrogens is 478 g/mol. The molecule has 2 heterocycles. The van der Waals surface area contributed by atoms with E-state index in [0.29, 0.717) is 31.6 Å². The lowest BCUT2D eigenvalue weighted by atomic mass is 9.58. The number of carboxylic acids is 1. The van der Waals surface area contributed by atoms with E-state index in [4.69, 9.17) is 10.00 Å². The number of hydrogen-bond donors (Lipinski definition) is 3. The van der Waals surface area contributed by atoms with E-state index in [1.54, 1.807) is 19.2 Å². The molecule has 0 radical (unpaired) electrons. The summed E-state index contributed by atoms with van der Waals surface area (Å²) in [7, 11) is 1.64. The number of H-pyrrole nitrogens is 1. The largest absolute Gasteiger partial charge is 0.496 e. The summed E-state index contributed by atoms with van der Waals surface area (Å²) in [6, 6.07) is 10.7. The number of halogens is 2. The number of nitrogens with zero attached hydrogens (tertiary/aromatic N) is 2. The molecule has 1 saturated heterocycles. The van der Waals surface area contributed by atoms with Gasteiger partial charge in [0.25, 0.3) is 0 Å². The number of benzene rings is 2. The minimum Gasteiger partial charge on any atom is -0.496 e. The highest BCUT2D eigenvalue weighted by Gasteiger charge is 2.58. The first-order valence-corrected chi connectivity index (χ1v) is 12.4. The molecule has 9 heteroatoms. The molecule has 3 N–H and O–H groups in total. The summed E-state index contributed by atoms with van der Waals surface area (Å²) in [5.41, 5.74) is 4.11. The van der Waals surface area contributed by atoms with Gasteiger partial charge >= 0.3 is 5.97 Å². The van der Waals surface area contributed by atoms with E-state index in [-0.39, 0.29) is 31.0 Å². The van der Waals surface area contributed by atoms with Gasteiger partial charge in [-0.3, -0.25) is 4.90 Å². The zero-order chi connectivity index (χ0) is 26.4. The Balaban J connectivity index is 1.57. The number of aromatic carboxylic acids is 1. The van der Waals surface area contributed by atoms with E-state index < -0.39 is 17.3 Å². The Morgan fingerprint density at radius 1 is 1.32 bits per heavy atom. The number of nitrogens with one attached hydrogen (secondary N) is 2. The summed E-state index contributed by atoms with van der Waals surface area (Å²) in [6.07, 6.45) is 2.83. The number of piperidine rings is 1. The van der Waals surface area contributed by atoms with Gasteiger partial charge in [0, 0.05) is 53.8 Å². The first kappa shape index (κ1) is 25.0. The SMILES string of the molecule is COc1cc(C)c2[nH]ccc2c1CN1CCC2(C[C@@H]1c1ccc(C(=O)O)cc1NCC#N)CC(F)(F)C2. The highest BCUT2D eigenvalue weighted by atomic mass is 19.3. The third kappa shape index (κ3) is 4.62.